The van der Waals surface area contributed by atoms with E-state index in [-0.39, 0.29) is 17.7 Å². The highest BCUT2D eigenvalue weighted by molar-refractivity contribution is 6.37. The maximum absolute atomic E-state index is 11.5. The lowest BCUT2D eigenvalue weighted by molar-refractivity contribution is -0.141. The van der Waals surface area contributed by atoms with Gasteiger partial charge in [0.25, 0.3) is 5.91 Å². The van der Waals surface area contributed by atoms with Gasteiger partial charge in [0.2, 0.25) is 5.78 Å². The van der Waals surface area contributed by atoms with Crippen LogP contribution < -0.4 is 0 Å². The number of nitrogens with zero attached hydrogens (tertiary/aromatic N) is 2. The van der Waals surface area contributed by atoms with E-state index in [0.717, 1.165) is 5.69 Å². The number of likely N-dealkylation sites (tertiary alicyclic amines) is 1. The summed E-state index contributed by atoms with van der Waals surface area (Å²) in [4.78, 5) is 28.3. The Morgan fingerprint density at radius 3 is 2.73 bits per heavy atom. The predicted octanol–water partition coefficient (Wildman–Crippen LogP) is 0.944. The van der Waals surface area contributed by atoms with Crippen molar-refractivity contribution in [2.75, 3.05) is 6.54 Å². The van der Waals surface area contributed by atoms with Crippen molar-refractivity contribution in [3.05, 3.63) is 30.1 Å². The van der Waals surface area contributed by atoms with Gasteiger partial charge in [0.15, 0.2) is 0 Å². The topological polar surface area (TPSA) is 50.3 Å². The molecule has 1 amide bonds. The molecule has 1 atom stereocenters. The quantitative estimate of drug-likeness (QED) is 0.674. The minimum Gasteiger partial charge on any atom is -0.327 e. The first-order valence-corrected chi connectivity index (χ1v) is 4.95. The first-order valence-electron chi connectivity index (χ1n) is 4.95. The van der Waals surface area contributed by atoms with Gasteiger partial charge in [-0.05, 0) is 19.1 Å². The van der Waals surface area contributed by atoms with E-state index in [4.69, 9.17) is 0 Å². The van der Waals surface area contributed by atoms with Crippen LogP contribution in [0.3, 0.4) is 0 Å². The Morgan fingerprint density at radius 1 is 1.40 bits per heavy atom. The molecule has 78 valence electrons. The molecule has 1 aromatic heterocycles. The van der Waals surface area contributed by atoms with Crippen molar-refractivity contribution < 1.29 is 9.59 Å². The number of rotatable bonds is 2. The Bertz CT molecular complexity index is 389. The predicted molar refractivity (Wildman–Crippen MR) is 54.0 cm³/mol. The third-order valence-corrected chi connectivity index (χ3v) is 2.66. The van der Waals surface area contributed by atoms with Crippen LogP contribution in [-0.2, 0) is 9.59 Å². The van der Waals surface area contributed by atoms with Crippen LogP contribution in [0.15, 0.2) is 24.4 Å². The van der Waals surface area contributed by atoms with Crippen LogP contribution >= 0.6 is 0 Å². The fraction of sp³-hybridized carbons (Fsp3) is 0.364. The summed E-state index contributed by atoms with van der Waals surface area (Å²) in [6.45, 7) is 2.40. The second kappa shape index (κ2) is 3.81. The van der Waals surface area contributed by atoms with Crippen molar-refractivity contribution in [1.29, 1.82) is 0 Å². The van der Waals surface area contributed by atoms with E-state index in [9.17, 15) is 9.59 Å². The molecule has 1 unspecified atom stereocenters. The van der Waals surface area contributed by atoms with E-state index in [1.807, 2.05) is 25.1 Å². The van der Waals surface area contributed by atoms with E-state index < -0.39 is 0 Å². The summed E-state index contributed by atoms with van der Waals surface area (Å²) in [6.07, 6.45) is 2.02. The van der Waals surface area contributed by atoms with Gasteiger partial charge in [0.05, 0.1) is 11.7 Å². The zero-order valence-corrected chi connectivity index (χ0v) is 8.51. The van der Waals surface area contributed by atoms with Crippen molar-refractivity contribution >= 4 is 11.7 Å². The second-order valence-corrected chi connectivity index (χ2v) is 3.60. The van der Waals surface area contributed by atoms with Gasteiger partial charge in [-0.2, -0.15) is 0 Å². The van der Waals surface area contributed by atoms with Crippen LogP contribution in [0.5, 0.6) is 0 Å². The molecule has 1 aromatic rings. The molecule has 0 saturated carbocycles. The van der Waals surface area contributed by atoms with Gasteiger partial charge in [-0.3, -0.25) is 14.6 Å². The number of carbonyl (C=O) groups excluding carboxylic acids is 2. The number of Topliss-reactive ketones (excluding diaryl/α,β-unsaturated/α-hetero) is 1. The standard InChI is InChI=1S/C11H12N2O2/c1-8(9-4-2-3-6-12-9)13-7-5-10(14)11(13)15/h2-4,6,8H,5,7H2,1H3. The summed E-state index contributed by atoms with van der Waals surface area (Å²) in [5.74, 6) is -0.675. The average Bonchev–Trinajstić information content (AvgIpc) is 2.60. The summed E-state index contributed by atoms with van der Waals surface area (Å²) in [6, 6.07) is 5.44. The summed E-state index contributed by atoms with van der Waals surface area (Å²) in [5, 5.41) is 0. The molecule has 0 bridgehead atoms. The van der Waals surface area contributed by atoms with Crippen molar-refractivity contribution in [2.24, 2.45) is 0 Å². The van der Waals surface area contributed by atoms with E-state index in [1.165, 1.54) is 0 Å². The second-order valence-electron chi connectivity index (χ2n) is 3.60. The largest absolute Gasteiger partial charge is 0.327 e. The number of aromatic nitrogens is 1. The summed E-state index contributed by atoms with van der Waals surface area (Å²) >= 11 is 0. The maximum Gasteiger partial charge on any atom is 0.290 e. The molecule has 0 N–H and O–H groups in total. The van der Waals surface area contributed by atoms with Crippen LogP contribution in [-0.4, -0.2) is 28.1 Å². The Kier molecular flexibility index (Phi) is 2.49. The van der Waals surface area contributed by atoms with E-state index in [0.29, 0.717) is 13.0 Å². The Labute approximate surface area is 87.9 Å². The highest BCUT2D eigenvalue weighted by Crippen LogP contribution is 2.22. The number of amides is 1. The fourth-order valence-corrected chi connectivity index (χ4v) is 1.74. The summed E-state index contributed by atoms with van der Waals surface area (Å²) in [7, 11) is 0. The molecule has 1 fully saturated rings. The molecular formula is C11H12N2O2. The number of pyridine rings is 1. The van der Waals surface area contributed by atoms with E-state index in [2.05, 4.69) is 4.98 Å². The molecule has 1 aliphatic rings. The molecule has 4 nitrogen and oxygen atoms in total. The maximum atomic E-state index is 11.5. The van der Waals surface area contributed by atoms with Crippen LogP contribution in [0.4, 0.5) is 0 Å². The number of ketones is 1. The molecule has 2 rings (SSSR count). The highest BCUT2D eigenvalue weighted by atomic mass is 16.2. The first-order chi connectivity index (χ1) is 7.20. The fourth-order valence-electron chi connectivity index (χ4n) is 1.74. The van der Waals surface area contributed by atoms with Gasteiger partial charge in [0, 0.05) is 19.2 Å². The lowest BCUT2D eigenvalue weighted by atomic mass is 10.2. The SMILES string of the molecule is CC(c1ccccn1)N1CCC(=O)C1=O. The van der Waals surface area contributed by atoms with Gasteiger partial charge in [-0.15, -0.1) is 0 Å². The normalized spacial score (nSPS) is 18.3. The highest BCUT2D eigenvalue weighted by Gasteiger charge is 2.33. The third kappa shape index (κ3) is 1.75. The number of hydrogen-bond donors (Lipinski definition) is 0. The van der Waals surface area contributed by atoms with Crippen LogP contribution in [0.25, 0.3) is 0 Å². The monoisotopic (exact) mass is 204 g/mol. The van der Waals surface area contributed by atoms with E-state index >= 15 is 0 Å². The summed E-state index contributed by atoms with van der Waals surface area (Å²) < 4.78 is 0. The minimum absolute atomic E-state index is 0.120. The number of carbonyl (C=O) groups is 2. The van der Waals surface area contributed by atoms with Gasteiger partial charge < -0.3 is 4.90 Å². The lowest BCUT2D eigenvalue weighted by Crippen LogP contribution is -2.30. The Morgan fingerprint density at radius 2 is 2.20 bits per heavy atom. The zero-order valence-electron chi connectivity index (χ0n) is 8.51. The molecule has 0 spiro atoms. The smallest absolute Gasteiger partial charge is 0.290 e. The van der Waals surface area contributed by atoms with Crippen molar-refractivity contribution in [2.45, 2.75) is 19.4 Å². The average molecular weight is 204 g/mol. The molecule has 15 heavy (non-hydrogen) atoms. The first kappa shape index (κ1) is 9.83. The molecule has 0 radical (unpaired) electrons. The van der Waals surface area contributed by atoms with Crippen molar-refractivity contribution in [1.82, 2.24) is 9.88 Å². The van der Waals surface area contributed by atoms with Crippen LogP contribution in [0.1, 0.15) is 25.1 Å². The third-order valence-electron chi connectivity index (χ3n) is 2.66. The van der Waals surface area contributed by atoms with Crippen molar-refractivity contribution in [3.8, 4) is 0 Å². The van der Waals surface area contributed by atoms with Crippen LogP contribution in [0.2, 0.25) is 0 Å². The molecule has 2 heterocycles. The lowest BCUT2D eigenvalue weighted by Gasteiger charge is -2.22. The van der Waals surface area contributed by atoms with Gasteiger partial charge in [-0.25, -0.2) is 0 Å². The minimum atomic E-state index is -0.381. The van der Waals surface area contributed by atoms with Crippen molar-refractivity contribution in [3.63, 3.8) is 0 Å². The molecule has 0 aromatic carbocycles. The molecule has 1 aliphatic heterocycles. The molecule has 0 aliphatic carbocycles. The van der Waals surface area contributed by atoms with Gasteiger partial charge in [-0.1, -0.05) is 6.07 Å². The summed E-state index contributed by atoms with van der Waals surface area (Å²) in [5.41, 5.74) is 0.820. The molecule has 4 heteroatoms. The zero-order chi connectivity index (χ0) is 10.8. The Hall–Kier alpha value is -1.71. The van der Waals surface area contributed by atoms with E-state index in [1.54, 1.807) is 11.1 Å². The number of hydrogen-bond acceptors (Lipinski definition) is 3. The van der Waals surface area contributed by atoms with Gasteiger partial charge >= 0.3 is 0 Å². The Balaban J connectivity index is 2.19. The van der Waals surface area contributed by atoms with Gasteiger partial charge in [0.1, 0.15) is 0 Å². The molecule has 1 saturated heterocycles. The van der Waals surface area contributed by atoms with Crippen LogP contribution in [0, 0.1) is 0 Å². The molecular weight excluding hydrogens is 192 g/mol.